The fourth-order valence-electron chi connectivity index (χ4n) is 2.02. The standard InChI is InChI=1S/C16H14BrN5O2/c17-12-5-4-6-13(9-12)22-15(19-20-21-22)10-18-16(23)11-24-14-7-2-1-3-8-14/h1-9H,10-11H2,(H,18,23). The highest BCUT2D eigenvalue weighted by atomic mass is 79.9. The highest BCUT2D eigenvalue weighted by Crippen LogP contribution is 2.15. The number of benzene rings is 2. The minimum absolute atomic E-state index is 0.0670. The molecule has 0 unspecified atom stereocenters. The highest BCUT2D eigenvalue weighted by molar-refractivity contribution is 9.10. The molecule has 3 rings (SSSR count). The molecule has 0 fully saturated rings. The molecule has 3 aromatic rings. The van der Waals surface area contributed by atoms with Crippen molar-refractivity contribution >= 4 is 21.8 Å². The van der Waals surface area contributed by atoms with Gasteiger partial charge in [-0.15, -0.1) is 5.10 Å². The Labute approximate surface area is 146 Å². The van der Waals surface area contributed by atoms with E-state index >= 15 is 0 Å². The average Bonchev–Trinajstić information content (AvgIpc) is 3.08. The van der Waals surface area contributed by atoms with Gasteiger partial charge in [0.25, 0.3) is 5.91 Å². The third-order valence-electron chi connectivity index (χ3n) is 3.14. The van der Waals surface area contributed by atoms with Gasteiger partial charge in [-0.05, 0) is 40.8 Å². The van der Waals surface area contributed by atoms with Gasteiger partial charge < -0.3 is 10.1 Å². The molecule has 0 saturated heterocycles. The zero-order valence-corrected chi connectivity index (χ0v) is 14.2. The number of halogens is 1. The summed E-state index contributed by atoms with van der Waals surface area (Å²) >= 11 is 3.41. The molecule has 1 amide bonds. The number of aromatic nitrogens is 4. The van der Waals surface area contributed by atoms with E-state index in [9.17, 15) is 4.79 Å². The monoisotopic (exact) mass is 387 g/mol. The van der Waals surface area contributed by atoms with Crippen molar-refractivity contribution in [2.45, 2.75) is 6.54 Å². The molecular formula is C16H14BrN5O2. The van der Waals surface area contributed by atoms with Crippen molar-refractivity contribution in [1.29, 1.82) is 0 Å². The van der Waals surface area contributed by atoms with Crippen LogP contribution in [0.25, 0.3) is 5.69 Å². The molecule has 122 valence electrons. The summed E-state index contributed by atoms with van der Waals surface area (Å²) < 4.78 is 7.88. The van der Waals surface area contributed by atoms with Crippen LogP contribution in [-0.4, -0.2) is 32.7 Å². The van der Waals surface area contributed by atoms with E-state index in [1.807, 2.05) is 42.5 Å². The Kier molecular flexibility index (Phi) is 5.17. The molecule has 0 aliphatic heterocycles. The summed E-state index contributed by atoms with van der Waals surface area (Å²) in [5.74, 6) is 0.926. The van der Waals surface area contributed by atoms with Crippen molar-refractivity contribution < 1.29 is 9.53 Å². The van der Waals surface area contributed by atoms with Crippen LogP contribution in [0.2, 0.25) is 0 Å². The molecule has 0 spiro atoms. The van der Waals surface area contributed by atoms with Crippen LogP contribution < -0.4 is 10.1 Å². The van der Waals surface area contributed by atoms with Gasteiger partial charge in [-0.2, -0.15) is 4.68 Å². The summed E-state index contributed by atoms with van der Waals surface area (Å²) in [6.45, 7) is 0.138. The van der Waals surface area contributed by atoms with Gasteiger partial charge in [-0.1, -0.05) is 40.2 Å². The summed E-state index contributed by atoms with van der Waals surface area (Å²) in [6, 6.07) is 16.7. The zero-order valence-electron chi connectivity index (χ0n) is 12.6. The Morgan fingerprint density at radius 1 is 1.17 bits per heavy atom. The third kappa shape index (κ3) is 4.17. The second-order valence-electron chi connectivity index (χ2n) is 4.87. The highest BCUT2D eigenvalue weighted by Gasteiger charge is 2.10. The van der Waals surface area contributed by atoms with Crippen LogP contribution in [0.5, 0.6) is 5.75 Å². The van der Waals surface area contributed by atoms with Gasteiger partial charge in [0, 0.05) is 4.47 Å². The molecule has 0 bridgehead atoms. The second-order valence-corrected chi connectivity index (χ2v) is 5.78. The van der Waals surface area contributed by atoms with Crippen LogP contribution in [0.4, 0.5) is 0 Å². The molecule has 0 aliphatic carbocycles. The van der Waals surface area contributed by atoms with Crippen molar-refractivity contribution in [3.8, 4) is 11.4 Å². The van der Waals surface area contributed by atoms with Crippen LogP contribution >= 0.6 is 15.9 Å². The van der Waals surface area contributed by atoms with Crippen molar-refractivity contribution in [2.24, 2.45) is 0 Å². The number of hydrogen-bond acceptors (Lipinski definition) is 5. The minimum Gasteiger partial charge on any atom is -0.484 e. The van der Waals surface area contributed by atoms with E-state index in [2.05, 4.69) is 36.8 Å². The van der Waals surface area contributed by atoms with Crippen LogP contribution in [-0.2, 0) is 11.3 Å². The van der Waals surface area contributed by atoms with Gasteiger partial charge in [0.1, 0.15) is 5.75 Å². The topological polar surface area (TPSA) is 81.9 Å². The fraction of sp³-hybridized carbons (Fsp3) is 0.125. The van der Waals surface area contributed by atoms with E-state index < -0.39 is 0 Å². The molecule has 1 N–H and O–H groups in total. The van der Waals surface area contributed by atoms with Crippen LogP contribution in [0.3, 0.4) is 0 Å². The summed E-state index contributed by atoms with van der Waals surface area (Å²) in [5.41, 5.74) is 0.805. The van der Waals surface area contributed by atoms with E-state index in [1.54, 1.807) is 16.8 Å². The zero-order chi connectivity index (χ0) is 16.8. The smallest absolute Gasteiger partial charge is 0.258 e. The van der Waals surface area contributed by atoms with E-state index in [0.29, 0.717) is 11.6 Å². The first-order valence-corrected chi connectivity index (χ1v) is 7.99. The van der Waals surface area contributed by atoms with E-state index in [4.69, 9.17) is 4.74 Å². The summed E-state index contributed by atoms with van der Waals surface area (Å²) in [4.78, 5) is 11.9. The SMILES string of the molecule is O=C(COc1ccccc1)NCc1nnnn1-c1cccc(Br)c1. The normalized spacial score (nSPS) is 10.4. The minimum atomic E-state index is -0.248. The number of hydrogen-bond donors (Lipinski definition) is 1. The predicted octanol–water partition coefficient (Wildman–Crippen LogP) is 2.12. The average molecular weight is 388 g/mol. The summed E-state index contributed by atoms with van der Waals surface area (Å²) in [7, 11) is 0. The Bertz CT molecular complexity index is 822. The lowest BCUT2D eigenvalue weighted by atomic mass is 10.3. The fourth-order valence-corrected chi connectivity index (χ4v) is 2.41. The number of ether oxygens (including phenoxy) is 1. The lowest BCUT2D eigenvalue weighted by Crippen LogP contribution is -2.29. The molecule has 24 heavy (non-hydrogen) atoms. The lowest BCUT2D eigenvalue weighted by Gasteiger charge is -2.08. The van der Waals surface area contributed by atoms with Gasteiger partial charge in [0.15, 0.2) is 12.4 Å². The van der Waals surface area contributed by atoms with Crippen molar-refractivity contribution in [3.05, 3.63) is 64.9 Å². The number of tetrazole rings is 1. The molecule has 0 aliphatic rings. The summed E-state index contributed by atoms with van der Waals surface area (Å²) in [6.07, 6.45) is 0. The molecular weight excluding hydrogens is 374 g/mol. The quantitative estimate of drug-likeness (QED) is 0.700. The van der Waals surface area contributed by atoms with Crippen LogP contribution in [0.15, 0.2) is 59.1 Å². The Morgan fingerprint density at radius 3 is 2.79 bits per heavy atom. The van der Waals surface area contributed by atoms with E-state index in [1.165, 1.54) is 0 Å². The lowest BCUT2D eigenvalue weighted by molar-refractivity contribution is -0.123. The molecule has 7 nitrogen and oxygen atoms in total. The third-order valence-corrected chi connectivity index (χ3v) is 3.64. The second kappa shape index (κ2) is 7.69. The Balaban J connectivity index is 1.57. The predicted molar refractivity (Wildman–Crippen MR) is 90.6 cm³/mol. The molecule has 8 heteroatoms. The first-order chi connectivity index (χ1) is 11.7. The molecule has 0 radical (unpaired) electrons. The maximum Gasteiger partial charge on any atom is 0.258 e. The van der Waals surface area contributed by atoms with Crippen LogP contribution in [0.1, 0.15) is 5.82 Å². The number of nitrogens with one attached hydrogen (secondary N) is 1. The first-order valence-electron chi connectivity index (χ1n) is 7.20. The van der Waals surface area contributed by atoms with Crippen LogP contribution in [0, 0.1) is 0 Å². The van der Waals surface area contributed by atoms with Crippen molar-refractivity contribution in [2.75, 3.05) is 6.61 Å². The van der Waals surface area contributed by atoms with Gasteiger partial charge in [0.2, 0.25) is 0 Å². The number of amides is 1. The number of rotatable bonds is 6. The molecule has 0 atom stereocenters. The number of carbonyl (C=O) groups is 1. The van der Waals surface area contributed by atoms with E-state index in [-0.39, 0.29) is 19.1 Å². The number of para-hydroxylation sites is 1. The Hall–Kier alpha value is -2.74. The van der Waals surface area contributed by atoms with Gasteiger partial charge in [-0.25, -0.2) is 0 Å². The van der Waals surface area contributed by atoms with Gasteiger partial charge in [0.05, 0.1) is 12.2 Å². The van der Waals surface area contributed by atoms with Crippen molar-refractivity contribution in [1.82, 2.24) is 25.5 Å². The van der Waals surface area contributed by atoms with E-state index in [0.717, 1.165) is 10.2 Å². The largest absolute Gasteiger partial charge is 0.484 e. The number of carbonyl (C=O) groups excluding carboxylic acids is 1. The molecule has 1 aromatic heterocycles. The van der Waals surface area contributed by atoms with Crippen molar-refractivity contribution in [3.63, 3.8) is 0 Å². The maximum atomic E-state index is 11.9. The van der Waals surface area contributed by atoms with Gasteiger partial charge >= 0.3 is 0 Å². The molecule has 0 saturated carbocycles. The van der Waals surface area contributed by atoms with Gasteiger partial charge in [-0.3, -0.25) is 4.79 Å². The first kappa shape index (κ1) is 16.1. The molecule has 1 heterocycles. The Morgan fingerprint density at radius 2 is 2.00 bits per heavy atom. The maximum absolute atomic E-state index is 11.9. The number of nitrogens with zero attached hydrogens (tertiary/aromatic N) is 4. The molecule has 2 aromatic carbocycles. The summed E-state index contributed by atoms with van der Waals surface area (Å²) in [5, 5.41) is 14.3.